The van der Waals surface area contributed by atoms with Crippen LogP contribution in [0.3, 0.4) is 0 Å². The average Bonchev–Trinajstić information content (AvgIpc) is 3.00. The molecule has 2 atom stereocenters. The molecule has 1 aromatic carbocycles. The Kier molecular flexibility index (Phi) is 6.77. The first-order valence-corrected chi connectivity index (χ1v) is 9.18. The molecule has 1 N–H and O–H groups in total. The minimum absolute atomic E-state index is 0.0130. The van der Waals surface area contributed by atoms with E-state index in [-0.39, 0.29) is 17.3 Å². The molecule has 1 fully saturated rings. The molecule has 2 rings (SSSR count). The van der Waals surface area contributed by atoms with Crippen LogP contribution in [0.15, 0.2) is 24.3 Å². The summed E-state index contributed by atoms with van der Waals surface area (Å²) in [6, 6.07) is 8.38. The molecule has 0 radical (unpaired) electrons. The van der Waals surface area contributed by atoms with Crippen LogP contribution >= 0.6 is 11.8 Å². The number of aryl methyl sites for hydroxylation is 1. The predicted octanol–water partition coefficient (Wildman–Crippen LogP) is 3.55. The lowest BCUT2D eigenvalue weighted by Crippen LogP contribution is -2.39. The van der Waals surface area contributed by atoms with Crippen LogP contribution in [0.5, 0.6) is 0 Å². The van der Waals surface area contributed by atoms with Crippen molar-refractivity contribution in [2.75, 3.05) is 13.2 Å². The van der Waals surface area contributed by atoms with E-state index in [9.17, 15) is 4.79 Å². The lowest BCUT2D eigenvalue weighted by atomic mass is 10.1. The van der Waals surface area contributed by atoms with Gasteiger partial charge in [0.05, 0.1) is 11.4 Å². The van der Waals surface area contributed by atoms with Gasteiger partial charge in [0.25, 0.3) is 0 Å². The zero-order valence-corrected chi connectivity index (χ0v) is 14.6. The largest absolute Gasteiger partial charge is 0.376 e. The van der Waals surface area contributed by atoms with Crippen LogP contribution in [0.25, 0.3) is 0 Å². The molecule has 1 aliphatic heterocycles. The van der Waals surface area contributed by atoms with Gasteiger partial charge in [0, 0.05) is 18.9 Å². The van der Waals surface area contributed by atoms with Crippen LogP contribution < -0.4 is 5.32 Å². The normalized spacial score (nSPS) is 19.4. The summed E-state index contributed by atoms with van der Waals surface area (Å²) < 4.78 is 5.57. The third-order valence-electron chi connectivity index (χ3n) is 4.07. The second-order valence-electron chi connectivity index (χ2n) is 6.28. The summed E-state index contributed by atoms with van der Waals surface area (Å²) in [7, 11) is 0. The number of rotatable bonds is 7. The second-order valence-corrected chi connectivity index (χ2v) is 7.41. The first-order valence-electron chi connectivity index (χ1n) is 8.13. The van der Waals surface area contributed by atoms with Gasteiger partial charge in [0.15, 0.2) is 0 Å². The highest BCUT2D eigenvalue weighted by molar-refractivity contribution is 7.99. The molecular formula is C18H27NO2S. The molecule has 0 aliphatic carbocycles. The topological polar surface area (TPSA) is 38.3 Å². The SMILES string of the molecule is Cc1ccccc1CSC(C(=O)NCC1CCCO1)C(C)C. The van der Waals surface area contributed by atoms with Crippen molar-refractivity contribution in [2.24, 2.45) is 5.92 Å². The highest BCUT2D eigenvalue weighted by Crippen LogP contribution is 2.25. The van der Waals surface area contributed by atoms with Crippen molar-refractivity contribution >= 4 is 17.7 Å². The molecule has 1 heterocycles. The summed E-state index contributed by atoms with van der Waals surface area (Å²) in [5.74, 6) is 1.34. The molecule has 122 valence electrons. The van der Waals surface area contributed by atoms with E-state index >= 15 is 0 Å². The first kappa shape index (κ1) is 17.4. The molecule has 0 saturated carbocycles. The quantitative estimate of drug-likeness (QED) is 0.834. The van der Waals surface area contributed by atoms with E-state index in [1.807, 2.05) is 0 Å². The van der Waals surface area contributed by atoms with Gasteiger partial charge in [0.2, 0.25) is 5.91 Å². The molecule has 3 nitrogen and oxygen atoms in total. The van der Waals surface area contributed by atoms with E-state index in [2.05, 4.69) is 50.4 Å². The molecule has 1 saturated heterocycles. The number of thioether (sulfide) groups is 1. The summed E-state index contributed by atoms with van der Waals surface area (Å²) in [6.45, 7) is 7.82. The molecule has 0 aromatic heterocycles. The maximum absolute atomic E-state index is 12.5. The van der Waals surface area contributed by atoms with Crippen molar-refractivity contribution in [1.29, 1.82) is 0 Å². The van der Waals surface area contributed by atoms with Gasteiger partial charge in [-0.1, -0.05) is 38.1 Å². The standard InChI is InChI=1S/C18H27NO2S/c1-13(2)17(18(20)19-11-16-9-6-10-21-16)22-12-15-8-5-4-7-14(15)3/h4-5,7-8,13,16-17H,6,9-12H2,1-3H3,(H,19,20). The Balaban J connectivity index is 1.85. The van der Waals surface area contributed by atoms with E-state index in [0.29, 0.717) is 12.5 Å². The smallest absolute Gasteiger partial charge is 0.233 e. The first-order chi connectivity index (χ1) is 10.6. The number of amides is 1. The predicted molar refractivity (Wildman–Crippen MR) is 93.1 cm³/mol. The van der Waals surface area contributed by atoms with Gasteiger partial charge in [0.1, 0.15) is 0 Å². The maximum atomic E-state index is 12.5. The maximum Gasteiger partial charge on any atom is 0.233 e. The van der Waals surface area contributed by atoms with Gasteiger partial charge in [-0.25, -0.2) is 0 Å². The molecule has 2 unspecified atom stereocenters. The van der Waals surface area contributed by atoms with Crippen LogP contribution in [0.4, 0.5) is 0 Å². The number of nitrogens with one attached hydrogen (secondary N) is 1. The third-order valence-corrected chi connectivity index (χ3v) is 5.67. The molecular weight excluding hydrogens is 294 g/mol. The summed E-state index contributed by atoms with van der Waals surface area (Å²) in [5.41, 5.74) is 2.60. The Hall–Kier alpha value is -1.00. The number of benzene rings is 1. The molecule has 0 spiro atoms. The van der Waals surface area contributed by atoms with E-state index in [1.165, 1.54) is 11.1 Å². The Bertz CT molecular complexity index is 484. The zero-order valence-electron chi connectivity index (χ0n) is 13.8. The summed E-state index contributed by atoms with van der Waals surface area (Å²) in [6.07, 6.45) is 2.37. The second kappa shape index (κ2) is 8.59. The number of hydrogen-bond donors (Lipinski definition) is 1. The van der Waals surface area contributed by atoms with E-state index < -0.39 is 0 Å². The van der Waals surface area contributed by atoms with Crippen molar-refractivity contribution < 1.29 is 9.53 Å². The minimum atomic E-state index is -0.0130. The Morgan fingerprint density at radius 2 is 2.18 bits per heavy atom. The number of ether oxygens (including phenoxy) is 1. The van der Waals surface area contributed by atoms with Gasteiger partial charge in [-0.05, 0) is 36.8 Å². The monoisotopic (exact) mass is 321 g/mol. The molecule has 4 heteroatoms. The van der Waals surface area contributed by atoms with Crippen molar-refractivity contribution in [3.63, 3.8) is 0 Å². The van der Waals surface area contributed by atoms with Crippen molar-refractivity contribution in [3.8, 4) is 0 Å². The highest BCUT2D eigenvalue weighted by atomic mass is 32.2. The van der Waals surface area contributed by atoms with Crippen molar-refractivity contribution in [3.05, 3.63) is 35.4 Å². The van der Waals surface area contributed by atoms with Gasteiger partial charge >= 0.3 is 0 Å². The average molecular weight is 321 g/mol. The molecule has 1 aliphatic rings. The molecule has 0 bridgehead atoms. The van der Waals surface area contributed by atoms with Crippen LogP contribution in [0.2, 0.25) is 0 Å². The van der Waals surface area contributed by atoms with Gasteiger partial charge in [-0.3, -0.25) is 4.79 Å². The van der Waals surface area contributed by atoms with Gasteiger partial charge < -0.3 is 10.1 Å². The Morgan fingerprint density at radius 3 is 2.82 bits per heavy atom. The fourth-order valence-corrected chi connectivity index (χ4v) is 3.95. The fraction of sp³-hybridized carbons (Fsp3) is 0.611. The van der Waals surface area contributed by atoms with Crippen LogP contribution in [-0.2, 0) is 15.3 Å². The molecule has 22 heavy (non-hydrogen) atoms. The Morgan fingerprint density at radius 1 is 1.41 bits per heavy atom. The summed E-state index contributed by atoms with van der Waals surface area (Å²) >= 11 is 1.73. The fourth-order valence-electron chi connectivity index (χ4n) is 2.64. The lowest BCUT2D eigenvalue weighted by molar-refractivity contribution is -0.121. The third kappa shape index (κ3) is 5.03. The van der Waals surface area contributed by atoms with Crippen molar-refractivity contribution in [1.82, 2.24) is 5.32 Å². The number of carbonyl (C=O) groups excluding carboxylic acids is 1. The van der Waals surface area contributed by atoms with Crippen molar-refractivity contribution in [2.45, 2.75) is 50.7 Å². The van der Waals surface area contributed by atoms with E-state index in [1.54, 1.807) is 11.8 Å². The molecule has 1 amide bonds. The minimum Gasteiger partial charge on any atom is -0.376 e. The number of hydrogen-bond acceptors (Lipinski definition) is 3. The summed E-state index contributed by atoms with van der Waals surface area (Å²) in [5, 5.41) is 3.06. The van der Waals surface area contributed by atoms with E-state index in [0.717, 1.165) is 25.2 Å². The highest BCUT2D eigenvalue weighted by Gasteiger charge is 2.24. The van der Waals surface area contributed by atoms with Gasteiger partial charge in [-0.15, -0.1) is 11.8 Å². The van der Waals surface area contributed by atoms with Crippen LogP contribution in [-0.4, -0.2) is 30.4 Å². The molecule has 1 aromatic rings. The Labute approximate surface area is 138 Å². The number of carbonyl (C=O) groups is 1. The summed E-state index contributed by atoms with van der Waals surface area (Å²) in [4.78, 5) is 12.5. The van der Waals surface area contributed by atoms with Gasteiger partial charge in [-0.2, -0.15) is 0 Å². The van der Waals surface area contributed by atoms with Crippen LogP contribution in [0.1, 0.15) is 37.8 Å². The van der Waals surface area contributed by atoms with E-state index in [4.69, 9.17) is 4.74 Å². The lowest BCUT2D eigenvalue weighted by Gasteiger charge is -2.21. The zero-order chi connectivity index (χ0) is 15.9. The van der Waals surface area contributed by atoms with Crippen LogP contribution in [0, 0.1) is 12.8 Å².